The van der Waals surface area contributed by atoms with Crippen LogP contribution in [0.4, 0.5) is 0 Å². The molecule has 0 aromatic carbocycles. The number of ether oxygens (including phenoxy) is 2. The van der Waals surface area contributed by atoms with Gasteiger partial charge in [-0.3, -0.25) is 13.9 Å². The summed E-state index contributed by atoms with van der Waals surface area (Å²) in [6, 6.07) is 0. The molecule has 0 unspecified atom stereocenters. The van der Waals surface area contributed by atoms with Gasteiger partial charge >= 0.3 is 5.69 Å². The van der Waals surface area contributed by atoms with E-state index in [2.05, 4.69) is 0 Å². The molecular formula is C14H21N3O6S. The number of hydrogen-bond donors (Lipinski definition) is 0. The van der Waals surface area contributed by atoms with Crippen LogP contribution in [0.5, 0.6) is 0 Å². The third-order valence-electron chi connectivity index (χ3n) is 4.80. The largest absolute Gasteiger partial charge is 0.347 e. The van der Waals surface area contributed by atoms with Crippen LogP contribution in [-0.2, 0) is 33.6 Å². The molecule has 0 saturated carbocycles. The second-order valence-electron chi connectivity index (χ2n) is 6.13. The minimum Gasteiger partial charge on any atom is -0.347 e. The second kappa shape index (κ2) is 5.80. The van der Waals surface area contributed by atoms with Crippen LogP contribution < -0.4 is 11.2 Å². The summed E-state index contributed by atoms with van der Waals surface area (Å²) in [6.07, 6.45) is 0.828. The summed E-state index contributed by atoms with van der Waals surface area (Å²) in [5.74, 6) is -0.699. The highest BCUT2D eigenvalue weighted by Gasteiger charge is 2.43. The van der Waals surface area contributed by atoms with E-state index in [0.717, 1.165) is 4.57 Å². The molecule has 3 rings (SSSR count). The molecule has 134 valence electrons. The normalized spacial score (nSPS) is 21.5. The lowest BCUT2D eigenvalue weighted by molar-refractivity contribution is -0.179. The van der Waals surface area contributed by atoms with E-state index < -0.39 is 27.1 Å². The van der Waals surface area contributed by atoms with E-state index in [9.17, 15) is 18.0 Å². The number of sulfonamides is 1. The van der Waals surface area contributed by atoms with E-state index in [-0.39, 0.29) is 23.7 Å². The van der Waals surface area contributed by atoms with Crippen molar-refractivity contribution in [3.63, 3.8) is 0 Å². The summed E-state index contributed by atoms with van der Waals surface area (Å²) < 4.78 is 40.4. The SMILES string of the molecule is Cc1c(S(=O)(=O)N2CCC3(CC2)OCCO3)c(=O)n(C)c(=O)n1C. The van der Waals surface area contributed by atoms with E-state index >= 15 is 0 Å². The molecule has 10 heteroatoms. The standard InChI is InChI=1S/C14H21N3O6S/c1-10-11(12(18)16(3)13(19)15(10)2)24(20,21)17-6-4-14(5-7-17)22-8-9-23-14/h4-9H2,1-3H3. The molecular weight excluding hydrogens is 338 g/mol. The zero-order valence-electron chi connectivity index (χ0n) is 13.9. The van der Waals surface area contributed by atoms with E-state index in [1.807, 2.05) is 0 Å². The fraction of sp³-hybridized carbons (Fsp3) is 0.714. The molecule has 2 aliphatic heterocycles. The van der Waals surface area contributed by atoms with Crippen LogP contribution in [0.3, 0.4) is 0 Å². The zero-order chi connectivity index (χ0) is 17.7. The molecule has 2 saturated heterocycles. The smallest absolute Gasteiger partial charge is 0.330 e. The van der Waals surface area contributed by atoms with Gasteiger partial charge in [-0.15, -0.1) is 0 Å². The van der Waals surface area contributed by atoms with Crippen molar-refractivity contribution >= 4 is 10.0 Å². The van der Waals surface area contributed by atoms with Crippen LogP contribution in [-0.4, -0.2) is 53.9 Å². The number of nitrogens with zero attached hydrogens (tertiary/aromatic N) is 3. The molecule has 1 aromatic heterocycles. The Kier molecular flexibility index (Phi) is 4.19. The molecule has 0 aliphatic carbocycles. The van der Waals surface area contributed by atoms with Crippen LogP contribution in [0.25, 0.3) is 0 Å². The molecule has 2 fully saturated rings. The van der Waals surface area contributed by atoms with Crippen molar-refractivity contribution < 1.29 is 17.9 Å². The van der Waals surface area contributed by atoms with Crippen LogP contribution in [0.1, 0.15) is 18.5 Å². The van der Waals surface area contributed by atoms with Gasteiger partial charge in [0.25, 0.3) is 5.56 Å². The minimum absolute atomic E-state index is 0.136. The molecule has 0 bridgehead atoms. The number of piperidine rings is 1. The Balaban J connectivity index is 1.98. The molecule has 9 nitrogen and oxygen atoms in total. The molecule has 0 N–H and O–H groups in total. The summed E-state index contributed by atoms with van der Waals surface area (Å²) in [7, 11) is -1.28. The summed E-state index contributed by atoms with van der Waals surface area (Å²) in [5.41, 5.74) is -1.22. The Hall–Kier alpha value is -1.49. The maximum Gasteiger partial charge on any atom is 0.330 e. The molecule has 2 aliphatic rings. The van der Waals surface area contributed by atoms with Gasteiger partial charge in [-0.1, -0.05) is 0 Å². The van der Waals surface area contributed by atoms with Gasteiger partial charge in [0.05, 0.1) is 13.2 Å². The van der Waals surface area contributed by atoms with Gasteiger partial charge in [-0.05, 0) is 6.92 Å². The highest BCUT2D eigenvalue weighted by atomic mass is 32.2. The topological polar surface area (TPSA) is 99.8 Å². The first kappa shape index (κ1) is 17.3. The van der Waals surface area contributed by atoms with E-state index in [1.54, 1.807) is 0 Å². The van der Waals surface area contributed by atoms with Gasteiger partial charge in [0.2, 0.25) is 10.0 Å². The first-order valence-corrected chi connectivity index (χ1v) is 9.18. The predicted molar refractivity (Wildman–Crippen MR) is 84.3 cm³/mol. The van der Waals surface area contributed by atoms with E-state index in [1.165, 1.54) is 29.9 Å². The average Bonchev–Trinajstić information content (AvgIpc) is 2.99. The van der Waals surface area contributed by atoms with Gasteiger partial charge in [0, 0.05) is 45.7 Å². The molecule has 1 spiro atoms. The van der Waals surface area contributed by atoms with E-state index in [4.69, 9.17) is 9.47 Å². The van der Waals surface area contributed by atoms with Gasteiger partial charge in [0.1, 0.15) is 0 Å². The lowest BCUT2D eigenvalue weighted by atomic mass is 10.1. The maximum absolute atomic E-state index is 13.0. The van der Waals surface area contributed by atoms with Crippen LogP contribution in [0.2, 0.25) is 0 Å². The van der Waals surface area contributed by atoms with Crippen molar-refractivity contribution in [2.75, 3.05) is 26.3 Å². The maximum atomic E-state index is 13.0. The Morgan fingerprint density at radius 1 is 1.00 bits per heavy atom. The van der Waals surface area contributed by atoms with Crippen LogP contribution >= 0.6 is 0 Å². The van der Waals surface area contributed by atoms with Crippen LogP contribution in [0, 0.1) is 6.92 Å². The summed E-state index contributed by atoms with van der Waals surface area (Å²) in [5, 5.41) is 0. The number of aromatic nitrogens is 2. The molecule has 0 radical (unpaired) electrons. The van der Waals surface area contributed by atoms with Crippen molar-refractivity contribution in [3.05, 3.63) is 26.5 Å². The second-order valence-corrected chi connectivity index (χ2v) is 8.01. The van der Waals surface area contributed by atoms with Gasteiger partial charge < -0.3 is 9.47 Å². The van der Waals surface area contributed by atoms with Crippen molar-refractivity contribution in [2.45, 2.75) is 30.4 Å². The van der Waals surface area contributed by atoms with Crippen molar-refractivity contribution in [1.82, 2.24) is 13.4 Å². The fourth-order valence-corrected chi connectivity index (χ4v) is 4.98. The predicted octanol–water partition coefficient (Wildman–Crippen LogP) is -1.08. The van der Waals surface area contributed by atoms with Crippen LogP contribution in [0.15, 0.2) is 14.5 Å². The zero-order valence-corrected chi connectivity index (χ0v) is 14.8. The Morgan fingerprint density at radius 2 is 1.54 bits per heavy atom. The lowest BCUT2D eigenvalue weighted by Crippen LogP contribution is -2.49. The van der Waals surface area contributed by atoms with Gasteiger partial charge in [0.15, 0.2) is 10.7 Å². The Bertz CT molecular complexity index is 869. The molecule has 0 atom stereocenters. The van der Waals surface area contributed by atoms with Crippen molar-refractivity contribution in [2.24, 2.45) is 14.1 Å². The third-order valence-corrected chi connectivity index (χ3v) is 6.83. The van der Waals surface area contributed by atoms with Crippen molar-refractivity contribution in [1.29, 1.82) is 0 Å². The molecule has 24 heavy (non-hydrogen) atoms. The highest BCUT2D eigenvalue weighted by molar-refractivity contribution is 7.89. The number of hydrogen-bond acceptors (Lipinski definition) is 6. The van der Waals surface area contributed by atoms with Crippen molar-refractivity contribution in [3.8, 4) is 0 Å². The number of rotatable bonds is 2. The first-order chi connectivity index (χ1) is 11.2. The molecule has 1 aromatic rings. The first-order valence-electron chi connectivity index (χ1n) is 7.74. The average molecular weight is 359 g/mol. The Labute approximate surface area is 139 Å². The summed E-state index contributed by atoms with van der Waals surface area (Å²) >= 11 is 0. The quantitative estimate of drug-likeness (QED) is 0.666. The summed E-state index contributed by atoms with van der Waals surface area (Å²) in [4.78, 5) is 24.0. The molecule has 0 amide bonds. The lowest BCUT2D eigenvalue weighted by Gasteiger charge is -2.36. The van der Waals surface area contributed by atoms with Gasteiger partial charge in [-0.2, -0.15) is 4.31 Å². The minimum atomic E-state index is -4.00. The monoisotopic (exact) mass is 359 g/mol. The van der Waals surface area contributed by atoms with Gasteiger partial charge in [-0.25, -0.2) is 13.2 Å². The molecule has 3 heterocycles. The Morgan fingerprint density at radius 3 is 2.08 bits per heavy atom. The summed E-state index contributed by atoms with van der Waals surface area (Å²) in [6.45, 7) is 2.88. The fourth-order valence-electron chi connectivity index (χ4n) is 3.19. The highest BCUT2D eigenvalue weighted by Crippen LogP contribution is 2.33. The third kappa shape index (κ3) is 2.53. The van der Waals surface area contributed by atoms with E-state index in [0.29, 0.717) is 26.1 Å².